The van der Waals surface area contributed by atoms with Gasteiger partial charge in [-0.15, -0.1) is 22.6 Å². The van der Waals surface area contributed by atoms with E-state index in [1.807, 2.05) is 13.0 Å². The van der Waals surface area contributed by atoms with Gasteiger partial charge in [-0.2, -0.15) is 0 Å². The smallest absolute Gasteiger partial charge is 0.271 e. The zero-order valence-electron chi connectivity index (χ0n) is 8.90. The highest BCUT2D eigenvalue weighted by atomic mass is 79.9. The molecule has 0 bridgehead atoms. The van der Waals surface area contributed by atoms with Crippen LogP contribution in [0.15, 0.2) is 16.6 Å². The van der Waals surface area contributed by atoms with Crippen LogP contribution in [0.25, 0.3) is 10.9 Å². The van der Waals surface area contributed by atoms with E-state index in [0.717, 1.165) is 10.0 Å². The van der Waals surface area contributed by atoms with Crippen molar-refractivity contribution in [3.8, 4) is 0 Å². The molecule has 1 amide bonds. The van der Waals surface area contributed by atoms with Crippen molar-refractivity contribution in [2.75, 3.05) is 5.73 Å². The monoisotopic (exact) mass is 316 g/mol. The summed E-state index contributed by atoms with van der Waals surface area (Å²) in [6.07, 6.45) is 0. The largest absolute Gasteiger partial charge is 0.396 e. The fraction of sp³-hybridized carbons (Fsp3) is 0.100. The number of amides is 1. The fourth-order valence-electron chi connectivity index (χ4n) is 1.44. The summed E-state index contributed by atoms with van der Waals surface area (Å²) in [7, 11) is 0. The van der Waals surface area contributed by atoms with Gasteiger partial charge in [0.25, 0.3) is 5.91 Å². The van der Waals surface area contributed by atoms with E-state index in [1.165, 1.54) is 0 Å². The van der Waals surface area contributed by atoms with Crippen LogP contribution in [0.3, 0.4) is 0 Å². The van der Waals surface area contributed by atoms with Gasteiger partial charge in [-0.05, 0) is 28.4 Å². The molecule has 0 aliphatic carbocycles. The van der Waals surface area contributed by atoms with E-state index in [0.29, 0.717) is 10.9 Å². The Morgan fingerprint density at radius 2 is 2.00 bits per heavy atom. The van der Waals surface area contributed by atoms with Crippen molar-refractivity contribution in [3.63, 3.8) is 0 Å². The number of anilines is 1. The van der Waals surface area contributed by atoms with E-state index in [-0.39, 0.29) is 23.8 Å². The number of hydrogen-bond donors (Lipinski definition) is 2. The number of hydrogen-bond acceptors (Lipinski definition) is 4. The quantitative estimate of drug-likeness (QED) is 0.838. The molecule has 0 saturated heterocycles. The van der Waals surface area contributed by atoms with E-state index >= 15 is 0 Å². The number of aryl methyl sites for hydroxylation is 1. The molecule has 0 atom stereocenters. The molecule has 7 heteroatoms. The summed E-state index contributed by atoms with van der Waals surface area (Å²) >= 11 is 3.40. The number of fused-ring (bicyclic) bond motifs is 1. The maximum atomic E-state index is 11.0. The van der Waals surface area contributed by atoms with Crippen LogP contribution in [-0.4, -0.2) is 16.1 Å². The Morgan fingerprint density at radius 1 is 1.35 bits per heavy atom. The van der Waals surface area contributed by atoms with Crippen LogP contribution in [-0.2, 0) is 0 Å². The molecule has 0 aliphatic rings. The van der Waals surface area contributed by atoms with Crippen molar-refractivity contribution >= 4 is 50.8 Å². The minimum Gasteiger partial charge on any atom is -0.396 e. The zero-order chi connectivity index (χ0) is 11.9. The predicted octanol–water partition coefficient (Wildman–Crippen LogP) is 1.80. The Kier molecular flexibility index (Phi) is 3.90. The molecule has 0 unspecified atom stereocenters. The number of nitrogen functional groups attached to an aromatic ring is 1. The van der Waals surface area contributed by atoms with Gasteiger partial charge < -0.3 is 11.5 Å². The average molecular weight is 318 g/mol. The highest BCUT2D eigenvalue weighted by Gasteiger charge is 2.14. The number of nitrogens with zero attached hydrogens (tertiary/aromatic N) is 2. The molecule has 2 aromatic rings. The first kappa shape index (κ1) is 13.7. The standard InChI is InChI=1S/C10H9BrN4O.ClH/c1-4-2-3-5-7(12)9(10(13)16)15-14-8(5)6(4)11;/h2-3H,1H3,(H2,12,14)(H2,13,16);1H. The first-order valence-corrected chi connectivity index (χ1v) is 5.32. The predicted molar refractivity (Wildman–Crippen MR) is 72.2 cm³/mol. The lowest BCUT2D eigenvalue weighted by Crippen LogP contribution is -2.16. The summed E-state index contributed by atoms with van der Waals surface area (Å²) in [5.41, 5.74) is 12.9. The lowest BCUT2D eigenvalue weighted by molar-refractivity contribution is 0.0996. The number of carbonyl (C=O) groups excluding carboxylic acids is 1. The number of nitrogens with two attached hydrogens (primary N) is 2. The van der Waals surface area contributed by atoms with E-state index in [2.05, 4.69) is 26.1 Å². The highest BCUT2D eigenvalue weighted by Crippen LogP contribution is 2.29. The lowest BCUT2D eigenvalue weighted by atomic mass is 10.1. The van der Waals surface area contributed by atoms with Gasteiger partial charge in [0.15, 0.2) is 5.69 Å². The summed E-state index contributed by atoms with van der Waals surface area (Å²) in [5, 5.41) is 8.34. The number of halogens is 2. The molecular formula is C10H10BrClN4O. The normalized spacial score (nSPS) is 10.0. The molecule has 4 N–H and O–H groups in total. The van der Waals surface area contributed by atoms with Gasteiger partial charge in [-0.1, -0.05) is 12.1 Å². The second kappa shape index (κ2) is 4.85. The van der Waals surface area contributed by atoms with Crippen molar-refractivity contribution in [1.29, 1.82) is 0 Å². The third-order valence-corrected chi connectivity index (χ3v) is 3.34. The minimum atomic E-state index is -0.677. The van der Waals surface area contributed by atoms with Gasteiger partial charge in [0.1, 0.15) is 5.52 Å². The first-order valence-electron chi connectivity index (χ1n) is 4.53. The Balaban J connectivity index is 0.00000144. The van der Waals surface area contributed by atoms with Crippen LogP contribution in [0, 0.1) is 6.92 Å². The maximum Gasteiger partial charge on any atom is 0.271 e. The topological polar surface area (TPSA) is 94.9 Å². The van der Waals surface area contributed by atoms with Crippen molar-refractivity contribution in [1.82, 2.24) is 10.2 Å². The van der Waals surface area contributed by atoms with Crippen molar-refractivity contribution < 1.29 is 4.79 Å². The van der Waals surface area contributed by atoms with Gasteiger partial charge in [0, 0.05) is 9.86 Å². The maximum absolute atomic E-state index is 11.0. The molecule has 90 valence electrons. The van der Waals surface area contributed by atoms with Crippen LogP contribution < -0.4 is 11.5 Å². The Hall–Kier alpha value is -1.40. The SMILES string of the molecule is Cc1ccc2c(N)c(C(N)=O)nnc2c1Br.Cl. The molecule has 1 aromatic carbocycles. The molecule has 1 aromatic heterocycles. The van der Waals surface area contributed by atoms with Crippen molar-refractivity contribution in [3.05, 3.63) is 27.9 Å². The third-order valence-electron chi connectivity index (χ3n) is 2.34. The Bertz CT molecular complexity index is 602. The first-order chi connectivity index (χ1) is 7.52. The van der Waals surface area contributed by atoms with Crippen molar-refractivity contribution in [2.24, 2.45) is 5.73 Å². The zero-order valence-corrected chi connectivity index (χ0v) is 11.3. The molecule has 2 rings (SSSR count). The lowest BCUT2D eigenvalue weighted by Gasteiger charge is -2.07. The molecule has 1 heterocycles. The van der Waals surface area contributed by atoms with Gasteiger partial charge >= 0.3 is 0 Å². The molecule has 0 aliphatic heterocycles. The van der Waals surface area contributed by atoms with Gasteiger partial charge in [-0.3, -0.25) is 4.79 Å². The van der Waals surface area contributed by atoms with Crippen LogP contribution >= 0.6 is 28.3 Å². The molecule has 0 radical (unpaired) electrons. The van der Waals surface area contributed by atoms with E-state index in [4.69, 9.17) is 11.5 Å². The van der Waals surface area contributed by atoms with Crippen molar-refractivity contribution in [2.45, 2.75) is 6.92 Å². The molecule has 0 spiro atoms. The Morgan fingerprint density at radius 3 is 2.59 bits per heavy atom. The third kappa shape index (κ3) is 2.18. The summed E-state index contributed by atoms with van der Waals surface area (Å²) in [6, 6.07) is 3.68. The van der Waals surface area contributed by atoms with E-state index < -0.39 is 5.91 Å². The summed E-state index contributed by atoms with van der Waals surface area (Å²) in [5.74, 6) is -0.677. The summed E-state index contributed by atoms with van der Waals surface area (Å²) in [6.45, 7) is 1.93. The summed E-state index contributed by atoms with van der Waals surface area (Å²) in [4.78, 5) is 11.0. The van der Waals surface area contributed by atoms with Gasteiger partial charge in [0.2, 0.25) is 0 Å². The Labute approximate surface area is 112 Å². The number of rotatable bonds is 1. The second-order valence-corrected chi connectivity index (χ2v) is 4.21. The number of aromatic nitrogens is 2. The summed E-state index contributed by atoms with van der Waals surface area (Å²) < 4.78 is 0.820. The van der Waals surface area contributed by atoms with Crippen LogP contribution in [0.5, 0.6) is 0 Å². The number of primary amides is 1. The molecule has 5 nitrogen and oxygen atoms in total. The van der Waals surface area contributed by atoms with E-state index in [9.17, 15) is 4.79 Å². The minimum absolute atomic E-state index is 0. The van der Waals surface area contributed by atoms with Gasteiger partial charge in [0.05, 0.1) is 5.69 Å². The number of benzene rings is 1. The fourth-order valence-corrected chi connectivity index (χ4v) is 1.87. The highest BCUT2D eigenvalue weighted by molar-refractivity contribution is 9.10. The molecule has 0 fully saturated rings. The molecule has 17 heavy (non-hydrogen) atoms. The number of carbonyl (C=O) groups is 1. The van der Waals surface area contributed by atoms with Crippen LogP contribution in [0.4, 0.5) is 5.69 Å². The van der Waals surface area contributed by atoms with Gasteiger partial charge in [-0.25, -0.2) is 0 Å². The average Bonchev–Trinajstić information content (AvgIpc) is 2.23. The van der Waals surface area contributed by atoms with E-state index in [1.54, 1.807) is 6.07 Å². The van der Waals surface area contributed by atoms with Crippen LogP contribution in [0.1, 0.15) is 16.1 Å². The molecule has 0 saturated carbocycles. The van der Waals surface area contributed by atoms with Crippen LogP contribution in [0.2, 0.25) is 0 Å². The molecular weight excluding hydrogens is 307 g/mol. The second-order valence-electron chi connectivity index (χ2n) is 3.42.